The van der Waals surface area contributed by atoms with Crippen molar-refractivity contribution >= 4 is 17.6 Å². The fraction of sp³-hybridized carbons (Fsp3) is 0.286. The van der Waals surface area contributed by atoms with Crippen molar-refractivity contribution in [3.63, 3.8) is 0 Å². The van der Waals surface area contributed by atoms with E-state index in [0.717, 1.165) is 41.2 Å². The molecule has 0 fully saturated rings. The molecule has 0 spiro atoms. The first kappa shape index (κ1) is 12.8. The standard InChI is InChI=1S/C14H15NO2S/c1-3-8-17-12-6-4-11(5-7-12)14-10(2)18-13(9-16)15-14/h4-7,9H,3,8H2,1-2H3. The van der Waals surface area contributed by atoms with E-state index in [4.69, 9.17) is 4.74 Å². The predicted octanol–water partition coefficient (Wildman–Crippen LogP) is 3.72. The van der Waals surface area contributed by atoms with Crippen molar-refractivity contribution in [3.8, 4) is 17.0 Å². The average molecular weight is 261 g/mol. The Kier molecular flexibility index (Phi) is 4.10. The van der Waals surface area contributed by atoms with Gasteiger partial charge in [-0.1, -0.05) is 6.92 Å². The number of benzene rings is 1. The van der Waals surface area contributed by atoms with E-state index in [-0.39, 0.29) is 0 Å². The molecule has 1 aromatic heterocycles. The minimum absolute atomic E-state index is 0.522. The van der Waals surface area contributed by atoms with Gasteiger partial charge in [0.15, 0.2) is 11.3 Å². The molecule has 0 atom stereocenters. The summed E-state index contributed by atoms with van der Waals surface area (Å²) in [6, 6.07) is 7.82. The molecule has 18 heavy (non-hydrogen) atoms. The van der Waals surface area contributed by atoms with Crippen LogP contribution in [0, 0.1) is 6.92 Å². The zero-order chi connectivity index (χ0) is 13.0. The fourth-order valence-corrected chi connectivity index (χ4v) is 2.42. The third-order valence-corrected chi connectivity index (χ3v) is 3.41. The number of aromatic nitrogens is 1. The monoisotopic (exact) mass is 261 g/mol. The van der Waals surface area contributed by atoms with E-state index in [0.29, 0.717) is 5.01 Å². The van der Waals surface area contributed by atoms with Crippen molar-refractivity contribution in [1.29, 1.82) is 0 Å². The molecule has 1 aromatic carbocycles. The predicted molar refractivity (Wildman–Crippen MR) is 73.5 cm³/mol. The molecule has 0 unspecified atom stereocenters. The maximum Gasteiger partial charge on any atom is 0.178 e. The number of carbonyl (C=O) groups excluding carboxylic acids is 1. The molecule has 94 valence electrons. The van der Waals surface area contributed by atoms with E-state index >= 15 is 0 Å². The summed E-state index contributed by atoms with van der Waals surface area (Å²) in [5.41, 5.74) is 1.89. The largest absolute Gasteiger partial charge is 0.494 e. The van der Waals surface area contributed by atoms with Gasteiger partial charge in [-0.25, -0.2) is 4.98 Å². The van der Waals surface area contributed by atoms with Crippen molar-refractivity contribution in [3.05, 3.63) is 34.2 Å². The SMILES string of the molecule is CCCOc1ccc(-c2nc(C=O)sc2C)cc1. The Hall–Kier alpha value is -1.68. The summed E-state index contributed by atoms with van der Waals surface area (Å²) in [6.07, 6.45) is 1.79. The lowest BCUT2D eigenvalue weighted by molar-refractivity contribution is 0.112. The molecule has 0 N–H and O–H groups in total. The number of hydrogen-bond donors (Lipinski definition) is 0. The Morgan fingerprint density at radius 3 is 2.61 bits per heavy atom. The molecule has 2 aromatic rings. The molecular formula is C14H15NO2S. The van der Waals surface area contributed by atoms with Gasteiger partial charge in [0.1, 0.15) is 5.75 Å². The first-order valence-electron chi connectivity index (χ1n) is 5.90. The van der Waals surface area contributed by atoms with Gasteiger partial charge in [-0.15, -0.1) is 11.3 Å². The highest BCUT2D eigenvalue weighted by Gasteiger charge is 2.09. The Labute approximate surface area is 110 Å². The van der Waals surface area contributed by atoms with Crippen LogP contribution in [-0.2, 0) is 0 Å². The molecule has 0 aliphatic rings. The Balaban J connectivity index is 2.22. The normalized spacial score (nSPS) is 10.3. The Morgan fingerprint density at radius 1 is 1.33 bits per heavy atom. The van der Waals surface area contributed by atoms with Crippen LogP contribution in [0.2, 0.25) is 0 Å². The second kappa shape index (κ2) is 5.78. The van der Waals surface area contributed by atoms with Crippen molar-refractivity contribution in [2.24, 2.45) is 0 Å². The number of hydrogen-bond acceptors (Lipinski definition) is 4. The van der Waals surface area contributed by atoms with E-state index in [1.165, 1.54) is 11.3 Å². The maximum absolute atomic E-state index is 10.7. The third kappa shape index (κ3) is 2.76. The molecule has 0 saturated carbocycles. The van der Waals surface area contributed by atoms with Gasteiger partial charge in [-0.05, 0) is 37.6 Å². The van der Waals surface area contributed by atoms with Crippen LogP contribution in [0.1, 0.15) is 28.0 Å². The summed E-state index contributed by atoms with van der Waals surface area (Å²) in [5.74, 6) is 0.865. The molecule has 0 aliphatic carbocycles. The number of aldehydes is 1. The summed E-state index contributed by atoms with van der Waals surface area (Å²) in [5, 5.41) is 0.522. The summed E-state index contributed by atoms with van der Waals surface area (Å²) >= 11 is 1.42. The molecule has 0 aliphatic heterocycles. The van der Waals surface area contributed by atoms with E-state index in [1.54, 1.807) is 0 Å². The van der Waals surface area contributed by atoms with E-state index in [1.807, 2.05) is 31.2 Å². The molecule has 4 heteroatoms. The zero-order valence-electron chi connectivity index (χ0n) is 10.5. The minimum Gasteiger partial charge on any atom is -0.494 e. The second-order valence-electron chi connectivity index (χ2n) is 3.95. The third-order valence-electron chi connectivity index (χ3n) is 2.51. The summed E-state index contributed by atoms with van der Waals surface area (Å²) in [4.78, 5) is 16.1. The first-order chi connectivity index (χ1) is 8.74. The van der Waals surface area contributed by atoms with Crippen molar-refractivity contribution in [2.75, 3.05) is 6.61 Å². The zero-order valence-corrected chi connectivity index (χ0v) is 11.3. The second-order valence-corrected chi connectivity index (χ2v) is 5.18. The number of thiazole rings is 1. The van der Waals surface area contributed by atoms with Gasteiger partial charge in [0, 0.05) is 10.4 Å². The highest BCUT2D eigenvalue weighted by atomic mass is 32.1. The average Bonchev–Trinajstić information content (AvgIpc) is 2.78. The summed E-state index contributed by atoms with van der Waals surface area (Å²) in [7, 11) is 0. The van der Waals surface area contributed by atoms with Crippen LogP contribution in [0.15, 0.2) is 24.3 Å². The highest BCUT2D eigenvalue weighted by Crippen LogP contribution is 2.28. The quantitative estimate of drug-likeness (QED) is 0.770. The van der Waals surface area contributed by atoms with Gasteiger partial charge in [-0.3, -0.25) is 4.79 Å². The number of aryl methyl sites for hydroxylation is 1. The summed E-state index contributed by atoms with van der Waals surface area (Å²) < 4.78 is 5.53. The number of rotatable bonds is 5. The molecule has 1 heterocycles. The number of carbonyl (C=O) groups is 1. The lowest BCUT2D eigenvalue weighted by Crippen LogP contribution is -1.94. The molecule has 3 nitrogen and oxygen atoms in total. The van der Waals surface area contributed by atoms with Gasteiger partial charge in [0.2, 0.25) is 0 Å². The lowest BCUT2D eigenvalue weighted by atomic mass is 10.1. The van der Waals surface area contributed by atoms with E-state index < -0.39 is 0 Å². The van der Waals surface area contributed by atoms with E-state index in [9.17, 15) is 4.79 Å². The van der Waals surface area contributed by atoms with Crippen molar-refractivity contribution in [2.45, 2.75) is 20.3 Å². The number of nitrogens with zero attached hydrogens (tertiary/aromatic N) is 1. The van der Waals surface area contributed by atoms with Crippen molar-refractivity contribution in [1.82, 2.24) is 4.98 Å². The van der Waals surface area contributed by atoms with Gasteiger partial charge < -0.3 is 4.74 Å². The topological polar surface area (TPSA) is 39.2 Å². The van der Waals surface area contributed by atoms with Gasteiger partial charge in [0.25, 0.3) is 0 Å². The molecule has 0 saturated heterocycles. The molecule has 0 radical (unpaired) electrons. The van der Waals surface area contributed by atoms with Crippen molar-refractivity contribution < 1.29 is 9.53 Å². The molecule has 0 amide bonds. The lowest BCUT2D eigenvalue weighted by Gasteiger charge is -2.05. The molecular weight excluding hydrogens is 246 g/mol. The summed E-state index contributed by atoms with van der Waals surface area (Å²) in [6.45, 7) is 4.78. The van der Waals surface area contributed by atoms with Crippen LogP contribution in [-0.4, -0.2) is 17.9 Å². The van der Waals surface area contributed by atoms with Crippen LogP contribution in [0.4, 0.5) is 0 Å². The Morgan fingerprint density at radius 2 is 2.06 bits per heavy atom. The van der Waals surface area contributed by atoms with Crippen LogP contribution in [0.5, 0.6) is 5.75 Å². The minimum atomic E-state index is 0.522. The van der Waals surface area contributed by atoms with Crippen LogP contribution < -0.4 is 4.74 Å². The van der Waals surface area contributed by atoms with Gasteiger partial charge >= 0.3 is 0 Å². The Bertz CT molecular complexity index is 531. The van der Waals surface area contributed by atoms with Gasteiger partial charge in [-0.2, -0.15) is 0 Å². The molecule has 2 rings (SSSR count). The maximum atomic E-state index is 10.7. The first-order valence-corrected chi connectivity index (χ1v) is 6.72. The van der Waals surface area contributed by atoms with E-state index in [2.05, 4.69) is 11.9 Å². The smallest absolute Gasteiger partial charge is 0.178 e. The number of ether oxygens (including phenoxy) is 1. The van der Waals surface area contributed by atoms with Crippen LogP contribution in [0.3, 0.4) is 0 Å². The molecule has 0 bridgehead atoms. The highest BCUT2D eigenvalue weighted by molar-refractivity contribution is 7.13. The fourth-order valence-electron chi connectivity index (χ4n) is 1.66. The van der Waals surface area contributed by atoms with Gasteiger partial charge in [0.05, 0.1) is 12.3 Å². The van der Waals surface area contributed by atoms with Crippen LogP contribution in [0.25, 0.3) is 11.3 Å². The van der Waals surface area contributed by atoms with Crippen LogP contribution >= 0.6 is 11.3 Å².